The minimum Gasteiger partial charge on any atom is -0.348 e. The third-order valence-corrected chi connectivity index (χ3v) is 7.32. The molecule has 4 heterocycles. The molecule has 1 amide bonds. The number of amides is 1. The van der Waals surface area contributed by atoms with Gasteiger partial charge in [-0.2, -0.15) is 0 Å². The average Bonchev–Trinajstić information content (AvgIpc) is 3.29. The summed E-state index contributed by atoms with van der Waals surface area (Å²) in [4.78, 5) is 35.0. The molecule has 7 nitrogen and oxygen atoms in total. The van der Waals surface area contributed by atoms with Crippen molar-refractivity contribution < 1.29 is 4.79 Å². The number of hydrogen-bond acceptors (Lipinski definition) is 5. The molecule has 2 aliphatic heterocycles. The van der Waals surface area contributed by atoms with Gasteiger partial charge in [-0.25, -0.2) is 15.0 Å². The number of rotatable bonds is 5. The van der Waals surface area contributed by atoms with E-state index in [9.17, 15) is 4.79 Å². The standard InChI is InChI=1S/C24H34N6O/c1-17-20-9-10-22(31)30(14-18-6-3-2-4-7-18)24(20)28-23(27-17)19-8-5-13-29(15-19)16-21-25-11-12-26-21/h11-12,18-19H,2-10,13-16H2,1H3,(H,25,26). The Labute approximate surface area is 184 Å². The highest BCUT2D eigenvalue weighted by Gasteiger charge is 2.32. The predicted octanol–water partition coefficient (Wildman–Crippen LogP) is 3.75. The van der Waals surface area contributed by atoms with Gasteiger partial charge in [0.2, 0.25) is 5.91 Å². The van der Waals surface area contributed by atoms with Gasteiger partial charge in [-0.3, -0.25) is 14.6 Å². The molecule has 1 saturated carbocycles. The molecule has 2 aromatic heterocycles. The Hall–Kier alpha value is -2.28. The highest BCUT2D eigenvalue weighted by Crippen LogP contribution is 2.34. The summed E-state index contributed by atoms with van der Waals surface area (Å²) in [6.45, 7) is 5.78. The summed E-state index contributed by atoms with van der Waals surface area (Å²) < 4.78 is 0. The lowest BCUT2D eigenvalue weighted by Gasteiger charge is -2.35. The second-order valence-corrected chi connectivity index (χ2v) is 9.59. The van der Waals surface area contributed by atoms with E-state index in [0.29, 0.717) is 18.3 Å². The topological polar surface area (TPSA) is 78.0 Å². The van der Waals surface area contributed by atoms with Gasteiger partial charge in [-0.15, -0.1) is 0 Å². The van der Waals surface area contributed by atoms with E-state index >= 15 is 0 Å². The molecule has 0 bridgehead atoms. The zero-order chi connectivity index (χ0) is 21.2. The summed E-state index contributed by atoms with van der Waals surface area (Å²) in [5.74, 6) is 4.00. The third kappa shape index (κ3) is 4.52. The molecule has 0 spiro atoms. The zero-order valence-electron chi connectivity index (χ0n) is 18.6. The maximum absolute atomic E-state index is 12.9. The van der Waals surface area contributed by atoms with E-state index in [-0.39, 0.29) is 5.91 Å². The molecule has 0 aromatic carbocycles. The number of carbonyl (C=O) groups excluding carboxylic acids is 1. The van der Waals surface area contributed by atoms with Crippen molar-refractivity contribution in [1.82, 2.24) is 24.8 Å². The molecule has 2 aromatic rings. The Morgan fingerprint density at radius 2 is 1.97 bits per heavy atom. The zero-order valence-corrected chi connectivity index (χ0v) is 18.6. The molecule has 7 heteroatoms. The average molecular weight is 423 g/mol. The van der Waals surface area contributed by atoms with Gasteiger partial charge in [0.1, 0.15) is 17.5 Å². The molecule has 0 radical (unpaired) electrons. The van der Waals surface area contributed by atoms with Crippen molar-refractivity contribution in [2.24, 2.45) is 5.92 Å². The van der Waals surface area contributed by atoms with E-state index in [2.05, 4.69) is 21.8 Å². The van der Waals surface area contributed by atoms with Gasteiger partial charge in [0.15, 0.2) is 0 Å². The van der Waals surface area contributed by atoms with Gasteiger partial charge in [-0.1, -0.05) is 19.3 Å². The number of likely N-dealkylation sites (tertiary alicyclic amines) is 1. The highest BCUT2D eigenvalue weighted by molar-refractivity contribution is 5.95. The number of aromatic nitrogens is 4. The summed E-state index contributed by atoms with van der Waals surface area (Å²) in [6.07, 6.45) is 13.7. The molecular weight excluding hydrogens is 388 g/mol. The maximum atomic E-state index is 12.9. The van der Waals surface area contributed by atoms with Crippen LogP contribution in [0.1, 0.15) is 80.2 Å². The summed E-state index contributed by atoms with van der Waals surface area (Å²) in [5.41, 5.74) is 2.24. The number of aryl methyl sites for hydroxylation is 1. The number of anilines is 1. The van der Waals surface area contributed by atoms with Crippen molar-refractivity contribution in [3.63, 3.8) is 0 Å². The van der Waals surface area contributed by atoms with E-state index in [1.165, 1.54) is 37.7 Å². The molecular formula is C24H34N6O. The van der Waals surface area contributed by atoms with Crippen LogP contribution in [-0.2, 0) is 17.8 Å². The van der Waals surface area contributed by atoms with Gasteiger partial charge < -0.3 is 4.98 Å². The Morgan fingerprint density at radius 1 is 1.10 bits per heavy atom. The molecule has 1 atom stereocenters. The molecule has 1 N–H and O–H groups in total. The van der Waals surface area contributed by atoms with Crippen molar-refractivity contribution in [1.29, 1.82) is 0 Å². The second-order valence-electron chi connectivity index (χ2n) is 9.59. The lowest BCUT2D eigenvalue weighted by molar-refractivity contribution is -0.119. The first-order chi connectivity index (χ1) is 15.2. The first-order valence-electron chi connectivity index (χ1n) is 12.1. The Kier molecular flexibility index (Phi) is 6.03. The van der Waals surface area contributed by atoms with Crippen molar-refractivity contribution in [3.05, 3.63) is 35.3 Å². The van der Waals surface area contributed by atoms with Crippen LogP contribution in [0.5, 0.6) is 0 Å². The summed E-state index contributed by atoms with van der Waals surface area (Å²) >= 11 is 0. The third-order valence-electron chi connectivity index (χ3n) is 7.32. The Morgan fingerprint density at radius 3 is 2.77 bits per heavy atom. The molecule has 1 saturated heterocycles. The molecule has 1 aliphatic carbocycles. The lowest BCUT2D eigenvalue weighted by atomic mass is 9.88. The van der Waals surface area contributed by atoms with E-state index in [1.807, 2.05) is 17.3 Å². The van der Waals surface area contributed by atoms with Crippen molar-refractivity contribution in [2.45, 2.75) is 77.2 Å². The number of H-pyrrole nitrogens is 1. The fourth-order valence-corrected chi connectivity index (χ4v) is 5.61. The molecule has 166 valence electrons. The quantitative estimate of drug-likeness (QED) is 0.794. The first-order valence-corrected chi connectivity index (χ1v) is 12.1. The van der Waals surface area contributed by atoms with Gasteiger partial charge >= 0.3 is 0 Å². The maximum Gasteiger partial charge on any atom is 0.228 e. The summed E-state index contributed by atoms with van der Waals surface area (Å²) in [5, 5.41) is 0. The first kappa shape index (κ1) is 20.6. The van der Waals surface area contributed by atoms with E-state index in [1.54, 1.807) is 0 Å². The molecule has 2 fully saturated rings. The van der Waals surface area contributed by atoms with Crippen LogP contribution in [0, 0.1) is 12.8 Å². The number of piperidine rings is 1. The van der Waals surface area contributed by atoms with Gasteiger partial charge in [0.05, 0.1) is 6.54 Å². The van der Waals surface area contributed by atoms with Gasteiger partial charge in [0.25, 0.3) is 0 Å². The Balaban J connectivity index is 1.37. The smallest absolute Gasteiger partial charge is 0.228 e. The number of nitrogens with one attached hydrogen (secondary N) is 1. The second kappa shape index (κ2) is 9.07. The van der Waals surface area contributed by atoms with Crippen molar-refractivity contribution >= 4 is 11.7 Å². The van der Waals surface area contributed by atoms with Crippen LogP contribution < -0.4 is 4.90 Å². The number of fused-ring (bicyclic) bond motifs is 1. The molecule has 31 heavy (non-hydrogen) atoms. The summed E-state index contributed by atoms with van der Waals surface area (Å²) in [7, 11) is 0. The molecule has 5 rings (SSSR count). The van der Waals surface area contributed by atoms with Crippen LogP contribution in [0.3, 0.4) is 0 Å². The van der Waals surface area contributed by atoms with Crippen LogP contribution >= 0.6 is 0 Å². The van der Waals surface area contributed by atoms with Crippen molar-refractivity contribution in [2.75, 3.05) is 24.5 Å². The van der Waals surface area contributed by atoms with E-state index in [4.69, 9.17) is 9.97 Å². The highest BCUT2D eigenvalue weighted by atomic mass is 16.2. The minimum absolute atomic E-state index is 0.241. The van der Waals surface area contributed by atoms with Gasteiger partial charge in [-0.05, 0) is 51.5 Å². The number of carbonyl (C=O) groups is 1. The predicted molar refractivity (Wildman–Crippen MR) is 120 cm³/mol. The van der Waals surface area contributed by atoms with Crippen molar-refractivity contribution in [3.8, 4) is 0 Å². The lowest BCUT2D eigenvalue weighted by Crippen LogP contribution is -2.41. The number of aromatic amines is 1. The minimum atomic E-state index is 0.241. The normalized spacial score (nSPS) is 23.2. The van der Waals surface area contributed by atoms with E-state index in [0.717, 1.165) is 68.6 Å². The SMILES string of the molecule is Cc1nc(C2CCCN(Cc3ncc[nH]3)C2)nc2c1CCC(=O)N2CC1CCCCC1. The fourth-order valence-electron chi connectivity index (χ4n) is 5.61. The molecule has 3 aliphatic rings. The molecule has 1 unspecified atom stereocenters. The largest absolute Gasteiger partial charge is 0.348 e. The monoisotopic (exact) mass is 422 g/mol. The van der Waals surface area contributed by atoms with Crippen LogP contribution in [0.4, 0.5) is 5.82 Å². The number of imidazole rings is 1. The van der Waals surface area contributed by atoms with Crippen LogP contribution in [0.15, 0.2) is 12.4 Å². The summed E-state index contributed by atoms with van der Waals surface area (Å²) in [6, 6.07) is 0. The fraction of sp³-hybridized carbons (Fsp3) is 0.667. The van der Waals surface area contributed by atoms with Gasteiger partial charge in [0, 0.05) is 49.1 Å². The van der Waals surface area contributed by atoms with E-state index < -0.39 is 0 Å². The number of hydrogen-bond donors (Lipinski definition) is 1. The number of nitrogens with zero attached hydrogens (tertiary/aromatic N) is 5. The Bertz CT molecular complexity index is 905. The van der Waals surface area contributed by atoms with Crippen LogP contribution in [0.2, 0.25) is 0 Å². The van der Waals surface area contributed by atoms with Crippen LogP contribution in [-0.4, -0.2) is 50.4 Å². The van der Waals surface area contributed by atoms with Crippen LogP contribution in [0.25, 0.3) is 0 Å².